The Morgan fingerprint density at radius 2 is 2.05 bits per heavy atom. The zero-order valence-electron chi connectivity index (χ0n) is 12.9. The molecule has 2 saturated heterocycles. The minimum absolute atomic E-state index is 0.0558. The number of primary amides is 1. The van der Waals surface area contributed by atoms with Crippen molar-refractivity contribution in [1.82, 2.24) is 9.80 Å². The molecule has 0 bridgehead atoms. The summed E-state index contributed by atoms with van der Waals surface area (Å²) in [6.07, 6.45) is 7.38. The molecule has 3 N–H and O–H groups in total. The molecule has 2 heterocycles. The number of hydrogen-bond acceptors (Lipinski definition) is 4. The number of amides is 1. The molecule has 2 rings (SSSR count). The number of aliphatic hydroxyl groups excluding tert-OH is 1. The van der Waals surface area contributed by atoms with Crippen LogP contribution in [0.2, 0.25) is 0 Å². The molecule has 120 valence electrons. The van der Waals surface area contributed by atoms with Crippen LogP contribution in [0.1, 0.15) is 38.5 Å². The summed E-state index contributed by atoms with van der Waals surface area (Å²) in [6.45, 7) is 7.43. The maximum Gasteiger partial charge on any atom is 0.234 e. The van der Waals surface area contributed by atoms with E-state index in [9.17, 15) is 9.90 Å². The molecule has 2 aliphatic heterocycles. The zero-order chi connectivity index (χ0) is 15.2. The molecular formula is C16H29N3O2. The number of rotatable bonds is 7. The van der Waals surface area contributed by atoms with Gasteiger partial charge in [0.05, 0.1) is 12.1 Å². The molecule has 2 unspecified atom stereocenters. The molecule has 2 atom stereocenters. The van der Waals surface area contributed by atoms with E-state index in [0.717, 1.165) is 64.7 Å². The highest BCUT2D eigenvalue weighted by molar-refractivity contribution is 5.80. The number of piperidine rings is 1. The highest BCUT2D eigenvalue weighted by atomic mass is 16.3. The molecule has 0 aliphatic carbocycles. The lowest BCUT2D eigenvalue weighted by Crippen LogP contribution is -2.51. The van der Waals surface area contributed by atoms with Gasteiger partial charge in [-0.2, -0.15) is 0 Å². The quantitative estimate of drug-likeness (QED) is 0.679. The van der Waals surface area contributed by atoms with Crippen LogP contribution >= 0.6 is 0 Å². The highest BCUT2D eigenvalue weighted by Gasteiger charge is 2.35. The summed E-state index contributed by atoms with van der Waals surface area (Å²) in [5, 5.41) is 9.96. The van der Waals surface area contributed by atoms with E-state index in [1.165, 1.54) is 0 Å². The molecule has 0 aromatic heterocycles. The van der Waals surface area contributed by atoms with Crippen molar-refractivity contribution in [2.45, 2.75) is 56.7 Å². The second kappa shape index (κ2) is 7.92. The van der Waals surface area contributed by atoms with Gasteiger partial charge in [-0.1, -0.05) is 6.08 Å². The van der Waals surface area contributed by atoms with Crippen LogP contribution in [-0.2, 0) is 4.79 Å². The summed E-state index contributed by atoms with van der Waals surface area (Å²) in [7, 11) is 0. The number of aliphatic hydroxyl groups is 1. The number of hydrogen-bond donors (Lipinski definition) is 2. The fourth-order valence-corrected chi connectivity index (χ4v) is 3.66. The Morgan fingerprint density at radius 1 is 1.33 bits per heavy atom. The van der Waals surface area contributed by atoms with E-state index in [4.69, 9.17) is 5.73 Å². The van der Waals surface area contributed by atoms with Crippen molar-refractivity contribution in [3.63, 3.8) is 0 Å². The molecule has 0 spiro atoms. The first-order valence-corrected chi connectivity index (χ1v) is 8.18. The Labute approximate surface area is 127 Å². The predicted molar refractivity (Wildman–Crippen MR) is 83.8 cm³/mol. The zero-order valence-corrected chi connectivity index (χ0v) is 12.9. The molecule has 2 fully saturated rings. The van der Waals surface area contributed by atoms with Crippen LogP contribution in [0.3, 0.4) is 0 Å². The van der Waals surface area contributed by atoms with Gasteiger partial charge in [-0.05, 0) is 58.2 Å². The van der Waals surface area contributed by atoms with Crippen molar-refractivity contribution >= 4 is 5.91 Å². The Kier molecular flexibility index (Phi) is 6.21. The normalized spacial score (nSPS) is 26.8. The first kappa shape index (κ1) is 16.5. The van der Waals surface area contributed by atoms with Gasteiger partial charge >= 0.3 is 0 Å². The summed E-state index contributed by atoms with van der Waals surface area (Å²) in [4.78, 5) is 16.1. The third-order valence-corrected chi connectivity index (χ3v) is 4.82. The van der Waals surface area contributed by atoms with E-state index < -0.39 is 0 Å². The SMILES string of the molecule is C=CCCC(O)CN1CCC(N2CCCC2C(N)=O)CC1. The monoisotopic (exact) mass is 295 g/mol. The molecule has 0 aromatic rings. The van der Waals surface area contributed by atoms with Gasteiger partial charge in [-0.25, -0.2) is 0 Å². The number of nitrogens with two attached hydrogens (primary N) is 1. The van der Waals surface area contributed by atoms with Crippen LogP contribution in [0.15, 0.2) is 12.7 Å². The summed E-state index contributed by atoms with van der Waals surface area (Å²) in [6, 6.07) is 0.422. The average molecular weight is 295 g/mol. The first-order valence-electron chi connectivity index (χ1n) is 8.18. The van der Waals surface area contributed by atoms with E-state index >= 15 is 0 Å². The van der Waals surface area contributed by atoms with Gasteiger partial charge in [0.2, 0.25) is 5.91 Å². The van der Waals surface area contributed by atoms with E-state index in [0.29, 0.717) is 6.04 Å². The topological polar surface area (TPSA) is 69.8 Å². The Morgan fingerprint density at radius 3 is 2.67 bits per heavy atom. The largest absolute Gasteiger partial charge is 0.392 e. The van der Waals surface area contributed by atoms with Gasteiger partial charge in [0.1, 0.15) is 0 Å². The van der Waals surface area contributed by atoms with E-state index in [2.05, 4.69) is 16.4 Å². The van der Waals surface area contributed by atoms with Crippen molar-refractivity contribution in [3.05, 3.63) is 12.7 Å². The first-order chi connectivity index (χ1) is 10.1. The summed E-state index contributed by atoms with van der Waals surface area (Å²) < 4.78 is 0. The fraction of sp³-hybridized carbons (Fsp3) is 0.812. The van der Waals surface area contributed by atoms with Crippen molar-refractivity contribution in [2.75, 3.05) is 26.2 Å². The third-order valence-electron chi connectivity index (χ3n) is 4.82. The van der Waals surface area contributed by atoms with Gasteiger partial charge < -0.3 is 15.7 Å². The number of allylic oxidation sites excluding steroid dienone is 1. The van der Waals surface area contributed by atoms with Crippen molar-refractivity contribution < 1.29 is 9.90 Å². The van der Waals surface area contributed by atoms with Crippen LogP contribution in [-0.4, -0.2) is 65.2 Å². The van der Waals surface area contributed by atoms with Crippen molar-refractivity contribution in [3.8, 4) is 0 Å². The van der Waals surface area contributed by atoms with E-state index in [1.807, 2.05) is 6.08 Å². The highest BCUT2D eigenvalue weighted by Crippen LogP contribution is 2.26. The summed E-state index contributed by atoms with van der Waals surface area (Å²) in [5.41, 5.74) is 5.50. The second-order valence-corrected chi connectivity index (χ2v) is 6.35. The molecule has 0 saturated carbocycles. The van der Waals surface area contributed by atoms with Crippen molar-refractivity contribution in [1.29, 1.82) is 0 Å². The molecule has 21 heavy (non-hydrogen) atoms. The van der Waals surface area contributed by atoms with Gasteiger partial charge in [-0.15, -0.1) is 6.58 Å². The van der Waals surface area contributed by atoms with Gasteiger partial charge in [0.25, 0.3) is 0 Å². The lowest BCUT2D eigenvalue weighted by atomic mass is 10.0. The number of likely N-dealkylation sites (tertiary alicyclic amines) is 2. The summed E-state index contributed by atoms with van der Waals surface area (Å²) >= 11 is 0. The van der Waals surface area contributed by atoms with Gasteiger partial charge in [0.15, 0.2) is 0 Å². The molecule has 0 radical (unpaired) electrons. The second-order valence-electron chi connectivity index (χ2n) is 6.35. The Bertz CT molecular complexity index is 353. The molecule has 0 aromatic carbocycles. The average Bonchev–Trinajstić information content (AvgIpc) is 2.95. The van der Waals surface area contributed by atoms with E-state index in [1.54, 1.807) is 0 Å². The van der Waals surface area contributed by atoms with E-state index in [-0.39, 0.29) is 18.1 Å². The number of nitrogens with zero attached hydrogens (tertiary/aromatic N) is 2. The van der Waals surface area contributed by atoms with Crippen molar-refractivity contribution in [2.24, 2.45) is 5.73 Å². The van der Waals surface area contributed by atoms with Gasteiger partial charge in [-0.3, -0.25) is 9.69 Å². The number of β-amino-alcohol motifs (C(OH)–C–C–N with tert-alkyl or cyclic N) is 1. The molecule has 1 amide bonds. The lowest BCUT2D eigenvalue weighted by Gasteiger charge is -2.39. The molecule has 5 nitrogen and oxygen atoms in total. The van der Waals surface area contributed by atoms with Crippen LogP contribution in [0, 0.1) is 0 Å². The minimum atomic E-state index is -0.260. The number of carbonyl (C=O) groups excluding carboxylic acids is 1. The number of carbonyl (C=O) groups is 1. The van der Waals surface area contributed by atoms with Crippen LogP contribution in [0.4, 0.5) is 0 Å². The van der Waals surface area contributed by atoms with Crippen LogP contribution < -0.4 is 5.73 Å². The standard InChI is InChI=1S/C16H29N3O2/c1-2-3-5-14(20)12-18-10-7-13(8-11-18)19-9-4-6-15(19)16(17)21/h2,13-15,20H,1,3-12H2,(H2,17,21). The lowest BCUT2D eigenvalue weighted by molar-refractivity contribution is -0.123. The maximum absolute atomic E-state index is 11.5. The van der Waals surface area contributed by atoms with Gasteiger partial charge in [0, 0.05) is 12.6 Å². The van der Waals surface area contributed by atoms with Crippen LogP contribution in [0.25, 0.3) is 0 Å². The fourth-order valence-electron chi connectivity index (χ4n) is 3.66. The summed E-state index contributed by atoms with van der Waals surface area (Å²) in [5.74, 6) is -0.172. The Balaban J connectivity index is 1.75. The van der Waals surface area contributed by atoms with Crippen LogP contribution in [0.5, 0.6) is 0 Å². The molecule has 5 heteroatoms. The Hall–Kier alpha value is -0.910. The minimum Gasteiger partial charge on any atom is -0.392 e. The third kappa shape index (κ3) is 4.53. The maximum atomic E-state index is 11.5. The predicted octanol–water partition coefficient (Wildman–Crippen LogP) is 0.728. The smallest absolute Gasteiger partial charge is 0.234 e. The molecule has 2 aliphatic rings. The molecular weight excluding hydrogens is 266 g/mol.